The second kappa shape index (κ2) is 16.4. The van der Waals surface area contributed by atoms with E-state index < -0.39 is 116 Å². The Kier molecular flexibility index (Phi) is 14.5. The van der Waals surface area contributed by atoms with E-state index in [2.05, 4.69) is 16.0 Å². The smallest absolute Gasteiger partial charge is 0.305 e. The number of carboxylic acids is 3. The van der Waals surface area contributed by atoms with Crippen molar-refractivity contribution in [3.63, 3.8) is 0 Å². The van der Waals surface area contributed by atoms with Crippen LogP contribution in [0.15, 0.2) is 0 Å². The van der Waals surface area contributed by atoms with E-state index in [1.165, 1.54) is 13.8 Å². The lowest BCUT2D eigenvalue weighted by Crippen LogP contribution is -2.59. The summed E-state index contributed by atoms with van der Waals surface area (Å²) in [5.74, 6) is -12.4. The molecular formula is C22H31FN4O12. The molecule has 0 heterocycles. The van der Waals surface area contributed by atoms with Crippen LogP contribution in [-0.2, 0) is 43.2 Å². The molecule has 218 valence electrons. The number of hydrogen-bond donors (Lipinski definition) is 7. The van der Waals surface area contributed by atoms with E-state index in [1.54, 1.807) is 0 Å². The van der Waals surface area contributed by atoms with Crippen molar-refractivity contribution in [3.05, 3.63) is 0 Å². The van der Waals surface area contributed by atoms with Gasteiger partial charge in [-0.1, -0.05) is 13.8 Å². The number of rotatable bonds is 18. The number of nitrogens with one attached hydrogen (secondary N) is 4. The number of carboxylic acid groups (broad SMARTS) is 3. The van der Waals surface area contributed by atoms with Gasteiger partial charge in [0.15, 0.2) is 6.67 Å². The molecule has 0 aromatic heterocycles. The van der Waals surface area contributed by atoms with Crippen LogP contribution in [0.4, 0.5) is 4.39 Å². The molecule has 16 nitrogen and oxygen atoms in total. The summed E-state index contributed by atoms with van der Waals surface area (Å²) < 4.78 is 12.6. The Balaban J connectivity index is 5.91. The molecule has 0 unspecified atom stereocenters. The monoisotopic (exact) mass is 562 g/mol. The first-order valence-electron chi connectivity index (χ1n) is 11.5. The average Bonchev–Trinajstić information content (AvgIpc) is 2.81. The van der Waals surface area contributed by atoms with Gasteiger partial charge in [0.2, 0.25) is 35.2 Å². The fraction of sp³-hybridized carbons (Fsp3) is 0.591. The Labute approximate surface area is 221 Å². The van der Waals surface area contributed by atoms with E-state index in [9.17, 15) is 47.5 Å². The highest BCUT2D eigenvalue weighted by atomic mass is 19.1. The van der Waals surface area contributed by atoms with Crippen molar-refractivity contribution in [2.24, 2.45) is 5.92 Å². The van der Waals surface area contributed by atoms with Crippen LogP contribution in [0.5, 0.6) is 0 Å². The lowest BCUT2D eigenvalue weighted by atomic mass is 10.00. The number of carbonyl (C=O) groups is 9. The number of ketones is 2. The zero-order valence-electron chi connectivity index (χ0n) is 21.3. The molecule has 0 aromatic carbocycles. The predicted octanol–water partition coefficient (Wildman–Crippen LogP) is -2.48. The Hall–Kier alpha value is -4.44. The number of amides is 4. The zero-order valence-corrected chi connectivity index (χ0v) is 21.3. The van der Waals surface area contributed by atoms with Crippen molar-refractivity contribution in [2.75, 3.05) is 6.67 Å². The van der Waals surface area contributed by atoms with Crippen molar-refractivity contribution in [3.8, 4) is 0 Å². The van der Waals surface area contributed by atoms with E-state index in [-0.39, 0.29) is 0 Å². The van der Waals surface area contributed by atoms with Crippen molar-refractivity contribution in [1.29, 1.82) is 0 Å². The summed E-state index contributed by atoms with van der Waals surface area (Å²) in [4.78, 5) is 106. The zero-order chi connectivity index (χ0) is 30.4. The predicted molar refractivity (Wildman–Crippen MR) is 126 cm³/mol. The second-order valence-corrected chi connectivity index (χ2v) is 8.65. The van der Waals surface area contributed by atoms with Crippen LogP contribution in [-0.4, -0.2) is 99.3 Å². The normalized spacial score (nSPS) is 13.7. The molecule has 0 aliphatic rings. The fourth-order valence-electron chi connectivity index (χ4n) is 3.13. The molecule has 0 aliphatic heterocycles. The Morgan fingerprint density at radius 3 is 1.59 bits per heavy atom. The molecule has 4 atom stereocenters. The topological polar surface area (TPSA) is 262 Å². The van der Waals surface area contributed by atoms with Crippen molar-refractivity contribution in [1.82, 2.24) is 21.3 Å². The standard InChI is InChI=1S/C22H31FN4O12/c1-9(2)18(22(39)26-12(6-16(32)33)19(36)14(29)8-23)27-20(37)11(4-5-15(30)31)25-21(38)13(7-17(34)35)24-10(3)28/h9,11-13,18H,4-8H2,1-3H3,(H,24,28)(H,25,38)(H,26,39)(H,27,37)(H,30,31)(H,32,33)(H,34,35)/t11-,12-,13-,18-/m0/s1. The molecule has 0 aromatic rings. The molecule has 39 heavy (non-hydrogen) atoms. The summed E-state index contributed by atoms with van der Waals surface area (Å²) in [6.07, 6.45) is -3.11. The highest BCUT2D eigenvalue weighted by Crippen LogP contribution is 2.08. The van der Waals surface area contributed by atoms with Crippen LogP contribution in [0.25, 0.3) is 0 Å². The third kappa shape index (κ3) is 13.1. The van der Waals surface area contributed by atoms with Crippen molar-refractivity contribution in [2.45, 2.75) is 70.6 Å². The van der Waals surface area contributed by atoms with E-state index in [1.807, 2.05) is 5.32 Å². The molecule has 4 amide bonds. The quantitative estimate of drug-likeness (QED) is 0.0857. The molecule has 17 heteroatoms. The van der Waals surface area contributed by atoms with Gasteiger partial charge in [0.25, 0.3) is 0 Å². The summed E-state index contributed by atoms with van der Waals surface area (Å²) in [6.45, 7) is 2.12. The number of Topliss-reactive ketones (excluding diaryl/α,β-unsaturated/α-hetero) is 2. The van der Waals surface area contributed by atoms with Gasteiger partial charge in [-0.25, -0.2) is 4.39 Å². The van der Waals surface area contributed by atoms with Gasteiger partial charge in [-0.2, -0.15) is 0 Å². The number of halogens is 1. The van der Waals surface area contributed by atoms with E-state index in [4.69, 9.17) is 15.3 Å². The lowest BCUT2D eigenvalue weighted by molar-refractivity contribution is -0.144. The van der Waals surface area contributed by atoms with Crippen LogP contribution < -0.4 is 21.3 Å². The minimum atomic E-state index is -1.95. The van der Waals surface area contributed by atoms with Gasteiger partial charge in [0, 0.05) is 13.3 Å². The van der Waals surface area contributed by atoms with Crippen LogP contribution in [0.1, 0.15) is 46.5 Å². The molecule has 0 fully saturated rings. The third-order valence-electron chi connectivity index (χ3n) is 5.01. The van der Waals surface area contributed by atoms with Crippen LogP contribution in [0.3, 0.4) is 0 Å². The molecule has 0 aliphatic carbocycles. The molecule has 7 N–H and O–H groups in total. The average molecular weight is 563 g/mol. The first kappa shape index (κ1) is 34.6. The highest BCUT2D eigenvalue weighted by molar-refractivity contribution is 6.40. The SMILES string of the molecule is CC(=O)N[C@@H](CC(=O)O)C(=O)N[C@@H](CCC(=O)O)C(=O)N[C@H](C(=O)N[C@@H](CC(=O)O)C(=O)C(=O)CF)C(C)C. The van der Waals surface area contributed by atoms with E-state index >= 15 is 0 Å². The van der Waals surface area contributed by atoms with Gasteiger partial charge in [-0.3, -0.25) is 43.2 Å². The van der Waals surface area contributed by atoms with Crippen LogP contribution in [0, 0.1) is 5.92 Å². The molecule has 0 bridgehead atoms. The van der Waals surface area contributed by atoms with E-state index in [0.29, 0.717) is 0 Å². The van der Waals surface area contributed by atoms with Gasteiger partial charge in [0.05, 0.1) is 12.8 Å². The van der Waals surface area contributed by atoms with Crippen molar-refractivity contribution >= 4 is 53.1 Å². The number of carbonyl (C=O) groups excluding carboxylic acids is 6. The number of hydrogen-bond acceptors (Lipinski definition) is 9. The van der Waals surface area contributed by atoms with E-state index in [0.717, 1.165) is 6.92 Å². The molecule has 0 rings (SSSR count). The van der Waals surface area contributed by atoms with Gasteiger partial charge in [-0.15, -0.1) is 0 Å². The van der Waals surface area contributed by atoms with Gasteiger partial charge in [0.1, 0.15) is 24.2 Å². The Morgan fingerprint density at radius 1 is 0.667 bits per heavy atom. The fourth-order valence-corrected chi connectivity index (χ4v) is 3.13. The molecule has 0 spiro atoms. The second-order valence-electron chi connectivity index (χ2n) is 8.65. The van der Waals surface area contributed by atoms with Gasteiger partial charge in [-0.05, 0) is 12.3 Å². The number of aliphatic carboxylic acids is 3. The maximum atomic E-state index is 13.0. The Bertz CT molecular complexity index is 984. The molecule has 0 saturated carbocycles. The summed E-state index contributed by atoms with van der Waals surface area (Å²) in [6, 6.07) is -6.73. The molecule has 0 radical (unpaired) electrons. The molecule has 0 saturated heterocycles. The van der Waals surface area contributed by atoms with Gasteiger partial charge >= 0.3 is 17.9 Å². The van der Waals surface area contributed by atoms with Crippen LogP contribution in [0.2, 0.25) is 0 Å². The Morgan fingerprint density at radius 2 is 1.15 bits per heavy atom. The minimum absolute atomic E-state index is 0.523. The highest BCUT2D eigenvalue weighted by Gasteiger charge is 2.35. The minimum Gasteiger partial charge on any atom is -0.481 e. The van der Waals surface area contributed by atoms with Gasteiger partial charge < -0.3 is 36.6 Å². The first-order chi connectivity index (χ1) is 18.0. The maximum Gasteiger partial charge on any atom is 0.305 e. The van der Waals surface area contributed by atoms with Crippen LogP contribution >= 0.6 is 0 Å². The van der Waals surface area contributed by atoms with Crippen molar-refractivity contribution < 1.29 is 62.9 Å². The maximum absolute atomic E-state index is 13.0. The third-order valence-corrected chi connectivity index (χ3v) is 5.01. The first-order valence-corrected chi connectivity index (χ1v) is 11.5. The molecular weight excluding hydrogens is 531 g/mol. The summed E-state index contributed by atoms with van der Waals surface area (Å²) in [7, 11) is 0. The summed E-state index contributed by atoms with van der Waals surface area (Å²) >= 11 is 0. The number of alkyl halides is 1. The lowest BCUT2D eigenvalue weighted by Gasteiger charge is -2.27. The largest absolute Gasteiger partial charge is 0.481 e. The summed E-state index contributed by atoms with van der Waals surface area (Å²) in [5, 5.41) is 35.4. The summed E-state index contributed by atoms with van der Waals surface area (Å²) in [5.41, 5.74) is 0.